The molecule has 0 bridgehead atoms. The van der Waals surface area contributed by atoms with Gasteiger partial charge >= 0.3 is 14.0 Å². The minimum atomic E-state index is -0.663. The van der Waals surface area contributed by atoms with Crippen molar-refractivity contribution in [3.8, 4) is 22.5 Å². The third-order valence-electron chi connectivity index (χ3n) is 14.1. The Bertz CT molecular complexity index is 3400. The maximum Gasteiger partial charge on any atom is 0.489 e. The van der Waals surface area contributed by atoms with E-state index in [4.69, 9.17) is 28.6 Å². The number of hydrogen-bond acceptors (Lipinski definition) is 6. The second kappa shape index (κ2) is 12.9. The molecule has 6 aromatic carbocycles. The standard InChI is InChI=1S/C50H46B2N6O4/c1-47(2)48(3,4)60-51(59-47)52-61-49(5,6)50(7,62-52)31-32-20-29-43-44(30-32)56(46-54-38-15-9-11-17-40(38)58(43)46)36-27-23-34(24-28-36)33-21-25-35(26-22-33)55-41-18-12-13-19-42(41)57-39-16-10-8-14-37(39)53-45(55)57/h8-30H,31H2,1-7H3. The van der Waals surface area contributed by atoms with Crippen LogP contribution in [0.5, 0.6) is 0 Å². The zero-order chi connectivity index (χ0) is 42.3. The second-order valence-corrected chi connectivity index (χ2v) is 18.7. The summed E-state index contributed by atoms with van der Waals surface area (Å²) >= 11 is 0. The fourth-order valence-corrected chi connectivity index (χ4v) is 9.61. The summed E-state index contributed by atoms with van der Waals surface area (Å²) in [6.07, 6.45) is 0.621. The van der Waals surface area contributed by atoms with E-state index in [0.717, 1.165) is 83.8 Å². The van der Waals surface area contributed by atoms with Crippen LogP contribution in [0.3, 0.4) is 0 Å². The van der Waals surface area contributed by atoms with Crippen LogP contribution in [0.4, 0.5) is 0 Å². The van der Waals surface area contributed by atoms with Gasteiger partial charge in [-0.2, -0.15) is 0 Å². The molecule has 10 nitrogen and oxygen atoms in total. The highest BCUT2D eigenvalue weighted by Gasteiger charge is 2.64. The third kappa shape index (κ3) is 5.40. The molecule has 6 heterocycles. The van der Waals surface area contributed by atoms with Crippen LogP contribution >= 0.6 is 0 Å². The fraction of sp³-hybridized carbons (Fsp3) is 0.240. The van der Waals surface area contributed by atoms with Crippen LogP contribution in [0.1, 0.15) is 54.0 Å². The third-order valence-corrected chi connectivity index (χ3v) is 14.1. The Labute approximate surface area is 359 Å². The molecule has 62 heavy (non-hydrogen) atoms. The molecule has 0 radical (unpaired) electrons. The molecule has 0 saturated carbocycles. The summed E-state index contributed by atoms with van der Waals surface area (Å²) in [5.74, 6) is 1.76. The topological polar surface area (TPSA) is 81.4 Å². The highest BCUT2D eigenvalue weighted by molar-refractivity contribution is 7.11. The average Bonchev–Trinajstić information content (AvgIpc) is 4.06. The van der Waals surface area contributed by atoms with Crippen LogP contribution in [-0.2, 0) is 25.0 Å². The maximum absolute atomic E-state index is 6.80. The van der Waals surface area contributed by atoms with Crippen LogP contribution < -0.4 is 0 Å². The molecule has 10 aromatic rings. The molecule has 2 saturated heterocycles. The van der Waals surface area contributed by atoms with Crippen LogP contribution in [0.2, 0.25) is 0 Å². The number of para-hydroxylation sites is 6. The summed E-state index contributed by atoms with van der Waals surface area (Å²) < 4.78 is 35.2. The van der Waals surface area contributed by atoms with Gasteiger partial charge in [-0.05, 0) is 138 Å². The monoisotopic (exact) mass is 816 g/mol. The molecule has 0 amide bonds. The van der Waals surface area contributed by atoms with E-state index in [9.17, 15) is 0 Å². The highest BCUT2D eigenvalue weighted by atomic mass is 16.7. The fourth-order valence-electron chi connectivity index (χ4n) is 9.61. The number of hydrogen-bond donors (Lipinski definition) is 0. The molecule has 2 fully saturated rings. The lowest BCUT2D eigenvalue weighted by atomic mass is 9.49. The zero-order valence-corrected chi connectivity index (χ0v) is 36.0. The molecule has 12 rings (SSSR count). The first kappa shape index (κ1) is 37.6. The van der Waals surface area contributed by atoms with E-state index in [-0.39, 0.29) is 0 Å². The highest BCUT2D eigenvalue weighted by Crippen LogP contribution is 2.45. The number of rotatable bonds is 6. The van der Waals surface area contributed by atoms with E-state index in [0.29, 0.717) is 6.42 Å². The van der Waals surface area contributed by atoms with E-state index in [1.54, 1.807) is 0 Å². The van der Waals surface area contributed by atoms with Gasteiger partial charge in [0.1, 0.15) is 0 Å². The first-order valence-corrected chi connectivity index (χ1v) is 21.5. The van der Waals surface area contributed by atoms with Gasteiger partial charge in [0.05, 0.1) is 66.5 Å². The van der Waals surface area contributed by atoms with Gasteiger partial charge in [-0.3, -0.25) is 17.9 Å². The molecule has 2 aliphatic heterocycles. The van der Waals surface area contributed by atoms with Crippen LogP contribution in [0, 0.1) is 0 Å². The predicted octanol–water partition coefficient (Wildman–Crippen LogP) is 10.6. The van der Waals surface area contributed by atoms with Gasteiger partial charge in [-0.15, -0.1) is 0 Å². The Kier molecular flexibility index (Phi) is 7.84. The van der Waals surface area contributed by atoms with Crippen molar-refractivity contribution in [1.29, 1.82) is 0 Å². The Morgan fingerprint density at radius 3 is 1.42 bits per heavy atom. The van der Waals surface area contributed by atoms with E-state index >= 15 is 0 Å². The van der Waals surface area contributed by atoms with Crippen molar-refractivity contribution in [2.75, 3.05) is 0 Å². The van der Waals surface area contributed by atoms with Gasteiger partial charge in [0.25, 0.3) is 0 Å². The molecular weight excluding hydrogens is 770 g/mol. The molecule has 0 aliphatic carbocycles. The lowest BCUT2D eigenvalue weighted by Gasteiger charge is -2.36. The number of aromatic nitrogens is 6. The minimum Gasteiger partial charge on any atom is -0.405 e. The van der Waals surface area contributed by atoms with Crippen molar-refractivity contribution >= 4 is 69.7 Å². The van der Waals surface area contributed by atoms with Gasteiger partial charge in [0.15, 0.2) is 0 Å². The molecular formula is C50H46B2N6O4. The summed E-state index contributed by atoms with van der Waals surface area (Å²) in [5.41, 5.74) is 11.7. The zero-order valence-electron chi connectivity index (χ0n) is 36.0. The Morgan fingerprint density at radius 1 is 0.435 bits per heavy atom. The van der Waals surface area contributed by atoms with Gasteiger partial charge < -0.3 is 18.6 Å². The first-order chi connectivity index (χ1) is 29.8. The predicted molar refractivity (Wildman–Crippen MR) is 248 cm³/mol. The number of fused-ring (bicyclic) bond motifs is 10. The van der Waals surface area contributed by atoms with Crippen molar-refractivity contribution in [3.63, 3.8) is 0 Å². The van der Waals surface area contributed by atoms with Crippen molar-refractivity contribution in [1.82, 2.24) is 27.9 Å². The largest absolute Gasteiger partial charge is 0.489 e. The van der Waals surface area contributed by atoms with Crippen molar-refractivity contribution in [2.45, 2.75) is 77.3 Å². The minimum absolute atomic E-state index is 0.488. The quantitative estimate of drug-likeness (QED) is 0.156. The Balaban J connectivity index is 0.896. The summed E-state index contributed by atoms with van der Waals surface area (Å²) in [7, 11) is -1.29. The average molecular weight is 817 g/mol. The molecule has 0 N–H and O–H groups in total. The molecule has 4 aromatic heterocycles. The lowest BCUT2D eigenvalue weighted by Crippen LogP contribution is -2.46. The molecule has 1 atom stereocenters. The van der Waals surface area contributed by atoms with Crippen LogP contribution in [0.15, 0.2) is 140 Å². The number of benzene rings is 6. The summed E-state index contributed by atoms with van der Waals surface area (Å²) in [5, 5.41) is 0. The van der Waals surface area contributed by atoms with E-state index < -0.39 is 36.4 Å². The van der Waals surface area contributed by atoms with Gasteiger partial charge in [0.2, 0.25) is 11.6 Å². The van der Waals surface area contributed by atoms with Crippen molar-refractivity contribution in [3.05, 3.63) is 145 Å². The number of imidazole rings is 4. The maximum atomic E-state index is 6.80. The molecule has 1 unspecified atom stereocenters. The van der Waals surface area contributed by atoms with Gasteiger partial charge in [-0.1, -0.05) is 66.7 Å². The lowest BCUT2D eigenvalue weighted by molar-refractivity contribution is -0.00875. The van der Waals surface area contributed by atoms with Crippen LogP contribution in [-0.4, -0.2) is 64.3 Å². The van der Waals surface area contributed by atoms with Gasteiger partial charge in [-0.25, -0.2) is 9.97 Å². The molecule has 2 aliphatic rings. The summed E-state index contributed by atoms with van der Waals surface area (Å²) in [4.78, 5) is 10.3. The van der Waals surface area contributed by atoms with E-state index in [1.165, 1.54) is 0 Å². The van der Waals surface area contributed by atoms with E-state index in [2.05, 4.69) is 166 Å². The smallest absolute Gasteiger partial charge is 0.405 e. The Morgan fingerprint density at radius 2 is 0.871 bits per heavy atom. The van der Waals surface area contributed by atoms with Crippen LogP contribution in [0.25, 0.3) is 78.2 Å². The summed E-state index contributed by atoms with van der Waals surface area (Å²) in [6.45, 7) is 14.5. The Hall–Kier alpha value is -6.17. The normalized spacial score (nSPS) is 19.7. The molecule has 12 heteroatoms. The first-order valence-electron chi connectivity index (χ1n) is 21.5. The molecule has 0 spiro atoms. The SMILES string of the molecule is CC1(C)OB(B2OC(C)(C)C(C)(Cc3ccc4c(c3)n(-c3ccc(-c5ccc(-n6c7ccccc7n7c8ccccc8nc67)cc5)cc3)c3nc5ccccc5n43)O2)OC1(C)C. The summed E-state index contributed by atoms with van der Waals surface area (Å²) in [6, 6.07) is 49.4. The van der Waals surface area contributed by atoms with E-state index in [1.807, 2.05) is 39.8 Å². The van der Waals surface area contributed by atoms with Crippen molar-refractivity contribution < 1.29 is 18.6 Å². The molecule has 306 valence electrons. The van der Waals surface area contributed by atoms with Crippen molar-refractivity contribution in [2.24, 2.45) is 0 Å². The number of nitrogens with zero attached hydrogens (tertiary/aromatic N) is 6. The van der Waals surface area contributed by atoms with Gasteiger partial charge in [0, 0.05) is 17.8 Å². The second-order valence-electron chi connectivity index (χ2n) is 18.7.